The fourth-order valence-corrected chi connectivity index (χ4v) is 1.63. The number of hydrogen-bond donors (Lipinski definition) is 0. The number of amides is 2. The highest BCUT2D eigenvalue weighted by molar-refractivity contribution is 6.01. The first-order valence-electron chi connectivity index (χ1n) is 5.40. The molecule has 1 aliphatic heterocycles. The van der Waals surface area contributed by atoms with Gasteiger partial charge in [0.1, 0.15) is 6.61 Å². The summed E-state index contributed by atoms with van der Waals surface area (Å²) in [7, 11) is 0. The molecule has 0 saturated carbocycles. The standard InChI is InChI=1S/C13H13NO3/c1-10-7-8-12(15)14(10)13(16)17-9-11-5-3-2-4-6-11/h2-8,10H,9H2,1H3/t10-/m0/s1. The molecule has 2 amide bonds. The molecule has 1 heterocycles. The quantitative estimate of drug-likeness (QED) is 0.783. The Morgan fingerprint density at radius 2 is 2.06 bits per heavy atom. The Labute approximate surface area is 99.5 Å². The Morgan fingerprint density at radius 3 is 2.65 bits per heavy atom. The summed E-state index contributed by atoms with van der Waals surface area (Å²) in [5.41, 5.74) is 0.896. The van der Waals surface area contributed by atoms with Crippen molar-refractivity contribution in [1.82, 2.24) is 4.90 Å². The molecule has 0 N–H and O–H groups in total. The van der Waals surface area contributed by atoms with Gasteiger partial charge in [-0.25, -0.2) is 9.69 Å². The zero-order valence-corrected chi connectivity index (χ0v) is 9.50. The van der Waals surface area contributed by atoms with Crippen LogP contribution in [0.1, 0.15) is 12.5 Å². The Hall–Kier alpha value is -2.10. The summed E-state index contributed by atoms with van der Waals surface area (Å²) in [6, 6.07) is 9.12. The maximum absolute atomic E-state index is 11.7. The predicted octanol–water partition coefficient (Wildman–Crippen LogP) is 2.11. The van der Waals surface area contributed by atoms with Gasteiger partial charge in [0, 0.05) is 6.08 Å². The summed E-state index contributed by atoms with van der Waals surface area (Å²) < 4.78 is 5.08. The van der Waals surface area contributed by atoms with Crippen LogP contribution in [0.2, 0.25) is 0 Å². The van der Waals surface area contributed by atoms with E-state index in [0.29, 0.717) is 0 Å². The number of nitrogens with zero attached hydrogens (tertiary/aromatic N) is 1. The number of rotatable bonds is 2. The summed E-state index contributed by atoms with van der Waals surface area (Å²) in [5.74, 6) is -0.324. The lowest BCUT2D eigenvalue weighted by Gasteiger charge is -2.18. The smallest absolute Gasteiger partial charge is 0.417 e. The molecule has 1 atom stereocenters. The molecule has 4 nitrogen and oxygen atoms in total. The molecular formula is C13H13NO3. The van der Waals surface area contributed by atoms with Crippen LogP contribution in [0.25, 0.3) is 0 Å². The van der Waals surface area contributed by atoms with Crippen molar-refractivity contribution >= 4 is 12.0 Å². The van der Waals surface area contributed by atoms with Crippen LogP contribution in [0.4, 0.5) is 4.79 Å². The van der Waals surface area contributed by atoms with Gasteiger partial charge in [-0.2, -0.15) is 0 Å². The van der Waals surface area contributed by atoms with Crippen molar-refractivity contribution in [3.8, 4) is 0 Å². The van der Waals surface area contributed by atoms with E-state index in [2.05, 4.69) is 0 Å². The number of imide groups is 1. The van der Waals surface area contributed by atoms with Crippen LogP contribution >= 0.6 is 0 Å². The van der Waals surface area contributed by atoms with Gasteiger partial charge in [-0.3, -0.25) is 4.79 Å². The molecule has 0 fully saturated rings. The summed E-state index contributed by atoms with van der Waals surface area (Å²) in [6.07, 6.45) is 2.46. The molecule has 0 aromatic heterocycles. The Kier molecular flexibility index (Phi) is 3.23. The third kappa shape index (κ3) is 2.53. The molecule has 1 aromatic rings. The van der Waals surface area contributed by atoms with E-state index in [4.69, 9.17) is 4.74 Å². The fraction of sp³-hybridized carbons (Fsp3) is 0.231. The summed E-state index contributed by atoms with van der Waals surface area (Å²) in [6.45, 7) is 1.95. The van der Waals surface area contributed by atoms with Gasteiger partial charge in [-0.15, -0.1) is 0 Å². The molecule has 0 saturated heterocycles. The lowest BCUT2D eigenvalue weighted by atomic mass is 10.2. The van der Waals surface area contributed by atoms with E-state index in [9.17, 15) is 9.59 Å². The van der Waals surface area contributed by atoms with Crippen LogP contribution in [0.5, 0.6) is 0 Å². The third-order valence-corrected chi connectivity index (χ3v) is 2.56. The minimum absolute atomic E-state index is 0.177. The zero-order chi connectivity index (χ0) is 12.3. The maximum Gasteiger partial charge on any atom is 0.417 e. The highest BCUT2D eigenvalue weighted by Gasteiger charge is 2.29. The minimum Gasteiger partial charge on any atom is -0.444 e. The van der Waals surface area contributed by atoms with Crippen LogP contribution in [0.15, 0.2) is 42.5 Å². The molecule has 0 aliphatic carbocycles. The number of carbonyl (C=O) groups excluding carboxylic acids is 2. The molecule has 1 aromatic carbocycles. The third-order valence-electron chi connectivity index (χ3n) is 2.56. The van der Waals surface area contributed by atoms with Crippen molar-refractivity contribution < 1.29 is 14.3 Å². The topological polar surface area (TPSA) is 46.6 Å². The zero-order valence-electron chi connectivity index (χ0n) is 9.50. The predicted molar refractivity (Wildman–Crippen MR) is 62.1 cm³/mol. The van der Waals surface area contributed by atoms with E-state index in [1.165, 1.54) is 6.08 Å². The van der Waals surface area contributed by atoms with Crippen molar-refractivity contribution in [1.29, 1.82) is 0 Å². The molecule has 1 aliphatic rings. The van der Waals surface area contributed by atoms with Crippen LogP contribution in [-0.2, 0) is 16.1 Å². The number of hydrogen-bond acceptors (Lipinski definition) is 3. The SMILES string of the molecule is C[C@H]1C=CC(=O)N1C(=O)OCc1ccccc1. The highest BCUT2D eigenvalue weighted by atomic mass is 16.6. The van der Waals surface area contributed by atoms with Crippen molar-refractivity contribution in [3.05, 3.63) is 48.0 Å². The second-order valence-corrected chi connectivity index (χ2v) is 3.85. The lowest BCUT2D eigenvalue weighted by Crippen LogP contribution is -2.38. The molecule has 0 radical (unpaired) electrons. The van der Waals surface area contributed by atoms with Crippen molar-refractivity contribution in [2.24, 2.45) is 0 Å². The van der Waals surface area contributed by atoms with E-state index in [1.54, 1.807) is 13.0 Å². The van der Waals surface area contributed by atoms with Crippen LogP contribution < -0.4 is 0 Å². The van der Waals surface area contributed by atoms with Crippen LogP contribution in [0.3, 0.4) is 0 Å². The van der Waals surface area contributed by atoms with Gasteiger partial charge < -0.3 is 4.74 Å². The first-order valence-corrected chi connectivity index (χ1v) is 5.40. The number of benzene rings is 1. The first-order chi connectivity index (χ1) is 8.18. The van der Waals surface area contributed by atoms with Crippen LogP contribution in [-0.4, -0.2) is 22.9 Å². The maximum atomic E-state index is 11.7. The van der Waals surface area contributed by atoms with Crippen LogP contribution in [0, 0.1) is 0 Å². The van der Waals surface area contributed by atoms with E-state index in [-0.39, 0.29) is 18.6 Å². The largest absolute Gasteiger partial charge is 0.444 e. The first kappa shape index (κ1) is 11.4. The van der Waals surface area contributed by atoms with Gasteiger partial charge in [0.25, 0.3) is 5.91 Å². The Morgan fingerprint density at radius 1 is 1.35 bits per heavy atom. The molecular weight excluding hydrogens is 218 g/mol. The minimum atomic E-state index is -0.601. The van der Waals surface area contributed by atoms with Gasteiger partial charge in [0.05, 0.1) is 6.04 Å². The molecule has 2 rings (SSSR count). The number of carbonyl (C=O) groups is 2. The average molecular weight is 231 g/mol. The van der Waals surface area contributed by atoms with Crippen molar-refractivity contribution in [3.63, 3.8) is 0 Å². The highest BCUT2D eigenvalue weighted by Crippen LogP contribution is 2.13. The second kappa shape index (κ2) is 4.82. The average Bonchev–Trinajstić information content (AvgIpc) is 2.67. The molecule has 4 heteroatoms. The Balaban J connectivity index is 1.92. The molecule has 0 bridgehead atoms. The molecule has 88 valence electrons. The second-order valence-electron chi connectivity index (χ2n) is 3.85. The van der Waals surface area contributed by atoms with E-state index >= 15 is 0 Å². The monoisotopic (exact) mass is 231 g/mol. The molecule has 17 heavy (non-hydrogen) atoms. The van der Waals surface area contributed by atoms with Gasteiger partial charge >= 0.3 is 6.09 Å². The van der Waals surface area contributed by atoms with E-state index in [1.807, 2.05) is 30.3 Å². The summed E-state index contributed by atoms with van der Waals surface area (Å²) >= 11 is 0. The molecule has 0 unspecified atom stereocenters. The van der Waals surface area contributed by atoms with Gasteiger partial charge in [-0.1, -0.05) is 36.4 Å². The van der Waals surface area contributed by atoms with E-state index in [0.717, 1.165) is 10.5 Å². The lowest BCUT2D eigenvalue weighted by molar-refractivity contribution is -0.124. The van der Waals surface area contributed by atoms with Gasteiger partial charge in [-0.05, 0) is 12.5 Å². The number of ether oxygens (including phenoxy) is 1. The summed E-state index contributed by atoms with van der Waals surface area (Å²) in [5, 5.41) is 0. The van der Waals surface area contributed by atoms with Crippen molar-refractivity contribution in [2.45, 2.75) is 19.6 Å². The normalized spacial score (nSPS) is 18.5. The summed E-state index contributed by atoms with van der Waals surface area (Å²) in [4.78, 5) is 24.2. The van der Waals surface area contributed by atoms with Gasteiger partial charge in [0.15, 0.2) is 0 Å². The molecule has 0 spiro atoms. The van der Waals surface area contributed by atoms with Crippen molar-refractivity contribution in [2.75, 3.05) is 0 Å². The fourth-order valence-electron chi connectivity index (χ4n) is 1.63. The van der Waals surface area contributed by atoms with Gasteiger partial charge in [0.2, 0.25) is 0 Å². The van der Waals surface area contributed by atoms with E-state index < -0.39 is 6.09 Å². The Bertz CT molecular complexity index is 453.